The normalized spacial score (nSPS) is 10.6. The van der Waals surface area contributed by atoms with Crippen LogP contribution in [0.15, 0.2) is 24.8 Å². The van der Waals surface area contributed by atoms with Gasteiger partial charge < -0.3 is 0 Å². The molecule has 0 aromatic heterocycles. The highest BCUT2D eigenvalue weighted by atomic mass is 13.9. The first-order valence-electron chi connectivity index (χ1n) is 4.51. The van der Waals surface area contributed by atoms with Gasteiger partial charge in [-0.25, -0.2) is 0 Å². The SMILES string of the molecule is C=CC=CCCC[CH]CCC. The van der Waals surface area contributed by atoms with Gasteiger partial charge in [-0.1, -0.05) is 44.6 Å². The standard InChI is InChI=1S/C11H19/c1-3-5-7-9-11-10-8-6-4-2/h3,5,7-8H,1,4,6,9-11H2,2H3. The minimum atomic E-state index is 1.19. The highest BCUT2D eigenvalue weighted by Crippen LogP contribution is 2.03. The van der Waals surface area contributed by atoms with Crippen molar-refractivity contribution in [2.45, 2.75) is 39.0 Å². The van der Waals surface area contributed by atoms with Crippen LogP contribution < -0.4 is 0 Å². The quantitative estimate of drug-likeness (QED) is 0.382. The second kappa shape index (κ2) is 9.48. The molecule has 0 fully saturated rings. The minimum absolute atomic E-state index is 1.19. The molecule has 0 amide bonds. The van der Waals surface area contributed by atoms with E-state index in [9.17, 15) is 0 Å². The van der Waals surface area contributed by atoms with Gasteiger partial charge in [0, 0.05) is 0 Å². The van der Waals surface area contributed by atoms with Crippen molar-refractivity contribution < 1.29 is 0 Å². The second-order valence-corrected chi connectivity index (χ2v) is 2.67. The summed E-state index contributed by atoms with van der Waals surface area (Å²) in [5.41, 5.74) is 0. The van der Waals surface area contributed by atoms with Crippen LogP contribution in [-0.4, -0.2) is 0 Å². The molecule has 0 unspecified atom stereocenters. The lowest BCUT2D eigenvalue weighted by Crippen LogP contribution is -1.76. The Hall–Kier alpha value is -0.520. The molecule has 0 heteroatoms. The summed E-state index contributed by atoms with van der Waals surface area (Å²) in [4.78, 5) is 0. The van der Waals surface area contributed by atoms with Crippen molar-refractivity contribution in [1.29, 1.82) is 0 Å². The second-order valence-electron chi connectivity index (χ2n) is 2.67. The Bertz CT molecular complexity index is 101. The molecule has 0 atom stereocenters. The molecule has 0 N–H and O–H groups in total. The lowest BCUT2D eigenvalue weighted by molar-refractivity contribution is 0.763. The van der Waals surface area contributed by atoms with E-state index >= 15 is 0 Å². The molecule has 0 aromatic rings. The Balaban J connectivity index is 2.90. The third kappa shape index (κ3) is 9.48. The van der Waals surface area contributed by atoms with Crippen LogP contribution in [0.5, 0.6) is 0 Å². The van der Waals surface area contributed by atoms with Crippen LogP contribution >= 0.6 is 0 Å². The van der Waals surface area contributed by atoms with Crippen LogP contribution in [0.4, 0.5) is 0 Å². The van der Waals surface area contributed by atoms with E-state index in [0.717, 1.165) is 0 Å². The molecule has 0 rings (SSSR count). The molecule has 0 saturated heterocycles. The maximum atomic E-state index is 3.61. The molecule has 63 valence electrons. The molecular weight excluding hydrogens is 132 g/mol. The van der Waals surface area contributed by atoms with E-state index in [-0.39, 0.29) is 0 Å². The summed E-state index contributed by atoms with van der Waals surface area (Å²) in [6.45, 7) is 5.83. The number of rotatable bonds is 7. The van der Waals surface area contributed by atoms with E-state index in [2.05, 4.69) is 26.0 Å². The highest BCUT2D eigenvalue weighted by molar-refractivity contribution is 4.96. The smallest absolute Gasteiger partial charge is 0.0348 e. The van der Waals surface area contributed by atoms with E-state index in [0.29, 0.717) is 0 Å². The number of hydrogen-bond donors (Lipinski definition) is 0. The summed E-state index contributed by atoms with van der Waals surface area (Å²) in [6, 6.07) is 0. The third-order valence-corrected chi connectivity index (χ3v) is 1.54. The first-order valence-corrected chi connectivity index (χ1v) is 4.51. The van der Waals surface area contributed by atoms with Gasteiger partial charge in [0.25, 0.3) is 0 Å². The first kappa shape index (κ1) is 10.5. The molecule has 0 heterocycles. The number of hydrogen-bond acceptors (Lipinski definition) is 0. The third-order valence-electron chi connectivity index (χ3n) is 1.54. The Kier molecular flexibility index (Phi) is 9.03. The van der Waals surface area contributed by atoms with Gasteiger partial charge in [0.15, 0.2) is 0 Å². The molecule has 0 aliphatic rings. The molecular formula is C11H19. The van der Waals surface area contributed by atoms with Crippen molar-refractivity contribution in [2.75, 3.05) is 0 Å². The van der Waals surface area contributed by atoms with Crippen LogP contribution in [-0.2, 0) is 0 Å². The van der Waals surface area contributed by atoms with Crippen molar-refractivity contribution in [2.24, 2.45) is 0 Å². The maximum absolute atomic E-state index is 3.61. The topological polar surface area (TPSA) is 0 Å². The van der Waals surface area contributed by atoms with Crippen LogP contribution in [0.3, 0.4) is 0 Å². The van der Waals surface area contributed by atoms with Gasteiger partial charge in [0.1, 0.15) is 0 Å². The molecule has 0 aromatic carbocycles. The molecule has 0 aliphatic heterocycles. The lowest BCUT2D eigenvalue weighted by Gasteiger charge is -1.94. The summed E-state index contributed by atoms with van der Waals surface area (Å²) in [5.74, 6) is 0. The van der Waals surface area contributed by atoms with Gasteiger partial charge in [0.05, 0.1) is 0 Å². The van der Waals surface area contributed by atoms with Crippen LogP contribution in [0.25, 0.3) is 0 Å². The molecule has 11 heavy (non-hydrogen) atoms. The number of unbranched alkanes of at least 4 members (excludes halogenated alkanes) is 5. The first-order chi connectivity index (χ1) is 5.41. The minimum Gasteiger partial charge on any atom is -0.0991 e. The molecule has 0 bridgehead atoms. The zero-order valence-corrected chi connectivity index (χ0v) is 7.55. The molecule has 1 radical (unpaired) electrons. The van der Waals surface area contributed by atoms with Gasteiger partial charge in [-0.15, -0.1) is 0 Å². The van der Waals surface area contributed by atoms with Gasteiger partial charge >= 0.3 is 0 Å². The van der Waals surface area contributed by atoms with Crippen molar-refractivity contribution in [1.82, 2.24) is 0 Å². The number of allylic oxidation sites excluding steroid dienone is 3. The van der Waals surface area contributed by atoms with Gasteiger partial charge in [0.2, 0.25) is 0 Å². The Morgan fingerprint density at radius 3 is 2.64 bits per heavy atom. The zero-order valence-electron chi connectivity index (χ0n) is 7.55. The largest absolute Gasteiger partial charge is 0.0991 e. The van der Waals surface area contributed by atoms with Crippen molar-refractivity contribution in [3.8, 4) is 0 Å². The average Bonchev–Trinajstić information content (AvgIpc) is 2.03. The van der Waals surface area contributed by atoms with E-state index in [1.807, 2.05) is 12.2 Å². The van der Waals surface area contributed by atoms with Crippen LogP contribution in [0.1, 0.15) is 39.0 Å². The van der Waals surface area contributed by atoms with Gasteiger partial charge in [-0.2, -0.15) is 0 Å². The van der Waals surface area contributed by atoms with E-state index in [1.165, 1.54) is 32.1 Å². The fourth-order valence-corrected chi connectivity index (χ4v) is 0.921. The highest BCUT2D eigenvalue weighted by Gasteiger charge is 1.85. The lowest BCUT2D eigenvalue weighted by atomic mass is 10.1. The summed E-state index contributed by atoms with van der Waals surface area (Å²) in [5, 5.41) is 0. The Morgan fingerprint density at radius 2 is 2.00 bits per heavy atom. The van der Waals surface area contributed by atoms with Crippen molar-refractivity contribution in [3.05, 3.63) is 31.2 Å². The predicted octanol–water partition coefficient (Wildman–Crippen LogP) is 3.90. The molecule has 0 saturated carbocycles. The van der Waals surface area contributed by atoms with Crippen LogP contribution in [0.2, 0.25) is 0 Å². The van der Waals surface area contributed by atoms with Gasteiger partial charge in [-0.3, -0.25) is 0 Å². The maximum Gasteiger partial charge on any atom is -0.0348 e. The Morgan fingerprint density at radius 1 is 1.18 bits per heavy atom. The van der Waals surface area contributed by atoms with E-state index in [1.54, 1.807) is 0 Å². The summed E-state index contributed by atoms with van der Waals surface area (Å²) in [7, 11) is 0. The Labute approximate surface area is 71.0 Å². The molecule has 0 nitrogen and oxygen atoms in total. The molecule has 0 spiro atoms. The average molecular weight is 151 g/mol. The van der Waals surface area contributed by atoms with Crippen molar-refractivity contribution in [3.63, 3.8) is 0 Å². The molecule has 0 aliphatic carbocycles. The van der Waals surface area contributed by atoms with Gasteiger partial charge in [-0.05, 0) is 25.7 Å². The summed E-state index contributed by atoms with van der Waals surface area (Å²) >= 11 is 0. The fourth-order valence-electron chi connectivity index (χ4n) is 0.921. The van der Waals surface area contributed by atoms with E-state index in [4.69, 9.17) is 0 Å². The van der Waals surface area contributed by atoms with E-state index < -0.39 is 0 Å². The van der Waals surface area contributed by atoms with Crippen molar-refractivity contribution >= 4 is 0 Å². The zero-order chi connectivity index (χ0) is 8.36. The fraction of sp³-hybridized carbons (Fsp3) is 0.545. The summed E-state index contributed by atoms with van der Waals surface area (Å²) in [6.07, 6.45) is 14.7. The van der Waals surface area contributed by atoms with Crippen LogP contribution in [0, 0.1) is 6.42 Å². The monoisotopic (exact) mass is 151 g/mol. The predicted molar refractivity (Wildman–Crippen MR) is 52.4 cm³/mol. The summed E-state index contributed by atoms with van der Waals surface area (Å²) < 4.78 is 0.